The molecule has 0 saturated heterocycles. The van der Waals surface area contributed by atoms with E-state index in [4.69, 9.17) is 14.2 Å². The predicted molar refractivity (Wildman–Crippen MR) is 106 cm³/mol. The maximum absolute atomic E-state index is 12.5. The monoisotopic (exact) mass is 403 g/mol. The summed E-state index contributed by atoms with van der Waals surface area (Å²) in [5.41, 5.74) is 4.51. The fourth-order valence-electron chi connectivity index (χ4n) is 2.50. The van der Waals surface area contributed by atoms with Crippen molar-refractivity contribution >= 4 is 11.8 Å². The molecule has 9 nitrogen and oxygen atoms in total. The summed E-state index contributed by atoms with van der Waals surface area (Å²) in [7, 11) is 0. The SMILES string of the molecule is CCOc1cc(C(=O)NNC(=O)Cn2ccccc2=O)cc(OCC)c1OCC. The Balaban J connectivity index is 2.13. The number of carbonyl (C=O) groups excluding carboxylic acids is 2. The number of nitrogens with zero attached hydrogens (tertiary/aromatic N) is 1. The first-order valence-electron chi connectivity index (χ1n) is 9.31. The van der Waals surface area contributed by atoms with Crippen LogP contribution in [-0.4, -0.2) is 36.2 Å². The lowest BCUT2D eigenvalue weighted by atomic mass is 10.1. The summed E-state index contributed by atoms with van der Waals surface area (Å²) in [6.45, 7) is 6.39. The number of carbonyl (C=O) groups is 2. The molecule has 0 atom stereocenters. The second-order valence-electron chi connectivity index (χ2n) is 5.77. The standard InChI is InChI=1S/C20H25N3O6/c1-4-27-15-11-14(12-16(28-5-2)19(15)29-6-3)20(26)22-21-17(24)13-23-10-8-7-9-18(23)25/h7-12H,4-6,13H2,1-3H3,(H,21,24)(H,22,26). The van der Waals surface area contributed by atoms with Crippen LogP contribution in [0.5, 0.6) is 17.2 Å². The average molecular weight is 403 g/mol. The van der Waals surface area contributed by atoms with Crippen molar-refractivity contribution < 1.29 is 23.8 Å². The third-order valence-corrected chi connectivity index (χ3v) is 3.70. The van der Waals surface area contributed by atoms with Gasteiger partial charge >= 0.3 is 0 Å². The smallest absolute Gasteiger partial charge is 0.269 e. The molecule has 2 aromatic rings. The van der Waals surface area contributed by atoms with Crippen molar-refractivity contribution in [2.75, 3.05) is 19.8 Å². The Hall–Kier alpha value is -3.49. The highest BCUT2D eigenvalue weighted by Crippen LogP contribution is 2.39. The summed E-state index contributed by atoms with van der Waals surface area (Å²) in [6, 6.07) is 7.59. The summed E-state index contributed by atoms with van der Waals surface area (Å²) in [4.78, 5) is 36.2. The van der Waals surface area contributed by atoms with Crippen LogP contribution in [0.1, 0.15) is 31.1 Å². The largest absolute Gasteiger partial charge is 0.490 e. The Morgan fingerprint density at radius 1 is 0.931 bits per heavy atom. The molecule has 0 aliphatic rings. The third-order valence-electron chi connectivity index (χ3n) is 3.70. The maximum Gasteiger partial charge on any atom is 0.269 e. The zero-order valence-corrected chi connectivity index (χ0v) is 16.7. The van der Waals surface area contributed by atoms with E-state index in [1.165, 1.54) is 29.0 Å². The molecule has 29 heavy (non-hydrogen) atoms. The van der Waals surface area contributed by atoms with Crippen LogP contribution in [0.25, 0.3) is 0 Å². The Morgan fingerprint density at radius 3 is 2.10 bits per heavy atom. The van der Waals surface area contributed by atoms with Crippen LogP contribution in [0.4, 0.5) is 0 Å². The number of pyridine rings is 1. The average Bonchev–Trinajstić information content (AvgIpc) is 2.70. The molecule has 1 aromatic carbocycles. The van der Waals surface area contributed by atoms with E-state index < -0.39 is 11.8 Å². The number of nitrogens with one attached hydrogen (secondary N) is 2. The van der Waals surface area contributed by atoms with Crippen LogP contribution in [0.2, 0.25) is 0 Å². The van der Waals surface area contributed by atoms with Crippen LogP contribution in [0.15, 0.2) is 41.3 Å². The van der Waals surface area contributed by atoms with E-state index in [9.17, 15) is 14.4 Å². The van der Waals surface area contributed by atoms with Gasteiger partial charge in [0.25, 0.3) is 17.4 Å². The summed E-state index contributed by atoms with van der Waals surface area (Å²) in [6.07, 6.45) is 1.49. The van der Waals surface area contributed by atoms with Crippen molar-refractivity contribution in [1.82, 2.24) is 15.4 Å². The quantitative estimate of drug-likeness (QED) is 0.615. The number of benzene rings is 1. The van der Waals surface area contributed by atoms with Gasteiger partial charge < -0.3 is 18.8 Å². The topological polar surface area (TPSA) is 108 Å². The van der Waals surface area contributed by atoms with Gasteiger partial charge in [-0.05, 0) is 39.0 Å². The van der Waals surface area contributed by atoms with Crippen molar-refractivity contribution in [2.45, 2.75) is 27.3 Å². The Morgan fingerprint density at radius 2 is 1.55 bits per heavy atom. The molecule has 2 rings (SSSR count). The van der Waals surface area contributed by atoms with Gasteiger partial charge in [-0.15, -0.1) is 0 Å². The molecule has 156 valence electrons. The van der Waals surface area contributed by atoms with E-state index in [1.807, 2.05) is 20.8 Å². The summed E-state index contributed by atoms with van der Waals surface area (Å²) in [5, 5.41) is 0. The number of hydrogen-bond donors (Lipinski definition) is 2. The number of rotatable bonds is 9. The van der Waals surface area contributed by atoms with E-state index in [1.54, 1.807) is 12.1 Å². The van der Waals surface area contributed by atoms with Gasteiger partial charge in [0, 0.05) is 17.8 Å². The molecule has 0 unspecified atom stereocenters. The van der Waals surface area contributed by atoms with E-state index in [-0.39, 0.29) is 17.7 Å². The van der Waals surface area contributed by atoms with Gasteiger partial charge in [-0.25, -0.2) is 0 Å². The van der Waals surface area contributed by atoms with Gasteiger partial charge in [-0.2, -0.15) is 0 Å². The minimum absolute atomic E-state index is 0.220. The van der Waals surface area contributed by atoms with E-state index in [0.29, 0.717) is 37.1 Å². The lowest BCUT2D eigenvalue weighted by Crippen LogP contribution is -2.44. The van der Waals surface area contributed by atoms with Crippen molar-refractivity contribution in [1.29, 1.82) is 0 Å². The minimum atomic E-state index is -0.566. The lowest BCUT2D eigenvalue weighted by Gasteiger charge is -2.17. The highest BCUT2D eigenvalue weighted by atomic mass is 16.5. The van der Waals surface area contributed by atoms with Gasteiger partial charge in [0.05, 0.1) is 19.8 Å². The molecular formula is C20H25N3O6. The third kappa shape index (κ3) is 6.00. The number of amides is 2. The first kappa shape index (κ1) is 21.8. The van der Waals surface area contributed by atoms with Crippen LogP contribution < -0.4 is 30.6 Å². The first-order valence-corrected chi connectivity index (χ1v) is 9.31. The first-order chi connectivity index (χ1) is 14.0. The van der Waals surface area contributed by atoms with Crippen molar-refractivity contribution in [3.63, 3.8) is 0 Å². The summed E-state index contributed by atoms with van der Waals surface area (Å²) < 4.78 is 18.0. The van der Waals surface area contributed by atoms with E-state index in [0.717, 1.165) is 0 Å². The molecule has 1 heterocycles. The molecular weight excluding hydrogens is 378 g/mol. The molecule has 0 bridgehead atoms. The molecule has 0 spiro atoms. The molecule has 1 aromatic heterocycles. The fourth-order valence-corrected chi connectivity index (χ4v) is 2.50. The Kier molecular flexibility index (Phi) is 8.08. The molecule has 2 N–H and O–H groups in total. The summed E-state index contributed by atoms with van der Waals surface area (Å²) in [5.74, 6) is 0.0387. The predicted octanol–water partition coefficient (Wildman–Crippen LogP) is 1.51. The number of aromatic nitrogens is 1. The molecule has 2 amide bonds. The highest BCUT2D eigenvalue weighted by molar-refractivity contribution is 5.96. The van der Waals surface area contributed by atoms with Gasteiger partial charge in [-0.1, -0.05) is 6.07 Å². The highest BCUT2D eigenvalue weighted by Gasteiger charge is 2.18. The van der Waals surface area contributed by atoms with Crippen LogP contribution in [0.3, 0.4) is 0 Å². The molecule has 9 heteroatoms. The normalized spacial score (nSPS) is 10.2. The number of ether oxygens (including phenoxy) is 3. The Bertz CT molecular complexity index is 882. The zero-order chi connectivity index (χ0) is 21.2. The molecule has 0 fully saturated rings. The van der Waals surface area contributed by atoms with Gasteiger partial charge in [0.15, 0.2) is 11.5 Å². The second-order valence-corrected chi connectivity index (χ2v) is 5.77. The van der Waals surface area contributed by atoms with Crippen LogP contribution in [-0.2, 0) is 11.3 Å². The van der Waals surface area contributed by atoms with Gasteiger partial charge in [0.2, 0.25) is 5.75 Å². The number of hydrazine groups is 1. The Labute approximate surface area is 168 Å². The number of hydrogen-bond acceptors (Lipinski definition) is 6. The lowest BCUT2D eigenvalue weighted by molar-refractivity contribution is -0.122. The molecule has 0 radical (unpaired) electrons. The van der Waals surface area contributed by atoms with E-state index in [2.05, 4.69) is 10.9 Å². The van der Waals surface area contributed by atoms with Crippen LogP contribution >= 0.6 is 0 Å². The van der Waals surface area contributed by atoms with Gasteiger partial charge in [0.1, 0.15) is 6.54 Å². The van der Waals surface area contributed by atoms with E-state index >= 15 is 0 Å². The minimum Gasteiger partial charge on any atom is -0.490 e. The molecule has 0 saturated carbocycles. The van der Waals surface area contributed by atoms with Gasteiger partial charge in [-0.3, -0.25) is 25.2 Å². The molecule has 0 aliphatic carbocycles. The zero-order valence-electron chi connectivity index (χ0n) is 16.7. The van der Waals surface area contributed by atoms with Crippen LogP contribution in [0, 0.1) is 0 Å². The van der Waals surface area contributed by atoms with Crippen molar-refractivity contribution in [3.8, 4) is 17.2 Å². The second kappa shape index (κ2) is 10.7. The molecule has 0 aliphatic heterocycles. The fraction of sp³-hybridized carbons (Fsp3) is 0.350. The summed E-state index contributed by atoms with van der Waals surface area (Å²) >= 11 is 0. The maximum atomic E-state index is 12.5. The van der Waals surface area contributed by atoms with Crippen molar-refractivity contribution in [3.05, 3.63) is 52.4 Å². The van der Waals surface area contributed by atoms with Crippen molar-refractivity contribution in [2.24, 2.45) is 0 Å².